The van der Waals surface area contributed by atoms with Crippen LogP contribution in [0.5, 0.6) is 0 Å². The first-order valence-corrected chi connectivity index (χ1v) is 10.7. The molecule has 152 valence electrons. The van der Waals surface area contributed by atoms with Crippen molar-refractivity contribution in [2.75, 3.05) is 6.54 Å². The molecule has 1 N–H and O–H groups in total. The van der Waals surface area contributed by atoms with Crippen LogP contribution in [0.3, 0.4) is 0 Å². The zero-order valence-electron chi connectivity index (χ0n) is 17.2. The lowest BCUT2D eigenvalue weighted by Crippen LogP contribution is -2.65. The summed E-state index contributed by atoms with van der Waals surface area (Å²) in [7, 11) is 0. The van der Waals surface area contributed by atoms with Gasteiger partial charge < -0.3 is 19.2 Å². The van der Waals surface area contributed by atoms with Gasteiger partial charge in [-0.3, -0.25) is 9.59 Å². The van der Waals surface area contributed by atoms with E-state index in [1.54, 1.807) is 4.90 Å². The minimum absolute atomic E-state index is 0.0334. The van der Waals surface area contributed by atoms with E-state index in [9.17, 15) is 9.59 Å². The highest BCUT2D eigenvalue weighted by Gasteiger charge is 2.48. The Balaban J connectivity index is 1.68. The number of furan rings is 1. The second kappa shape index (κ2) is 7.30. The lowest BCUT2D eigenvalue weighted by atomic mass is 9.93. The molecular formula is C22H31N3O3. The molecule has 1 fully saturated rings. The Morgan fingerprint density at radius 3 is 2.64 bits per heavy atom. The molecule has 0 spiro atoms. The van der Waals surface area contributed by atoms with Crippen molar-refractivity contribution in [1.82, 2.24) is 14.8 Å². The predicted molar refractivity (Wildman–Crippen MR) is 108 cm³/mol. The SMILES string of the molecule is CCCN1C(=O)c2cc3oc(C)cc3n2CC1(C)C(=O)NC1CCCCCC1. The van der Waals surface area contributed by atoms with Crippen LogP contribution in [0.1, 0.15) is 75.0 Å². The van der Waals surface area contributed by atoms with Crippen LogP contribution in [-0.4, -0.2) is 39.4 Å². The minimum atomic E-state index is -0.899. The number of rotatable bonds is 4. The summed E-state index contributed by atoms with van der Waals surface area (Å²) in [5.74, 6) is 0.693. The molecule has 1 aliphatic heterocycles. The van der Waals surface area contributed by atoms with Gasteiger partial charge in [0.05, 0.1) is 12.1 Å². The number of nitrogens with zero attached hydrogens (tertiary/aromatic N) is 2. The molecule has 1 saturated carbocycles. The summed E-state index contributed by atoms with van der Waals surface area (Å²) in [6.45, 7) is 6.88. The lowest BCUT2D eigenvalue weighted by molar-refractivity contribution is -0.133. The van der Waals surface area contributed by atoms with Crippen molar-refractivity contribution in [2.24, 2.45) is 0 Å². The molecule has 2 aliphatic rings. The van der Waals surface area contributed by atoms with Gasteiger partial charge in [0, 0.05) is 24.7 Å². The van der Waals surface area contributed by atoms with Crippen LogP contribution < -0.4 is 5.32 Å². The fraction of sp³-hybridized carbons (Fsp3) is 0.636. The third-order valence-corrected chi connectivity index (χ3v) is 6.37. The minimum Gasteiger partial charge on any atom is -0.460 e. The van der Waals surface area contributed by atoms with Gasteiger partial charge in [0.2, 0.25) is 5.91 Å². The zero-order chi connectivity index (χ0) is 19.9. The van der Waals surface area contributed by atoms with Gasteiger partial charge in [-0.25, -0.2) is 0 Å². The van der Waals surface area contributed by atoms with Gasteiger partial charge in [-0.15, -0.1) is 0 Å². The van der Waals surface area contributed by atoms with Crippen molar-refractivity contribution < 1.29 is 14.0 Å². The van der Waals surface area contributed by atoms with Crippen molar-refractivity contribution >= 4 is 22.9 Å². The maximum Gasteiger partial charge on any atom is 0.271 e. The number of nitrogens with one attached hydrogen (secondary N) is 1. The Hall–Kier alpha value is -2.24. The first-order valence-electron chi connectivity index (χ1n) is 10.7. The van der Waals surface area contributed by atoms with E-state index in [2.05, 4.69) is 5.32 Å². The van der Waals surface area contributed by atoms with E-state index < -0.39 is 5.54 Å². The predicted octanol–water partition coefficient (Wildman–Crippen LogP) is 4.01. The Morgan fingerprint density at radius 2 is 1.96 bits per heavy atom. The molecule has 1 unspecified atom stereocenters. The fourth-order valence-electron chi connectivity index (χ4n) is 4.80. The second-order valence-electron chi connectivity index (χ2n) is 8.61. The third kappa shape index (κ3) is 3.12. The molecule has 0 saturated heterocycles. The van der Waals surface area contributed by atoms with E-state index in [1.807, 2.05) is 37.5 Å². The first-order chi connectivity index (χ1) is 13.4. The van der Waals surface area contributed by atoms with Crippen LogP contribution >= 0.6 is 0 Å². The number of amides is 2. The quantitative estimate of drug-likeness (QED) is 0.809. The summed E-state index contributed by atoms with van der Waals surface area (Å²) in [4.78, 5) is 28.5. The molecular weight excluding hydrogens is 354 g/mol. The van der Waals surface area contributed by atoms with Crippen LogP contribution in [-0.2, 0) is 11.3 Å². The fourth-order valence-corrected chi connectivity index (χ4v) is 4.80. The van der Waals surface area contributed by atoms with Crippen molar-refractivity contribution in [1.29, 1.82) is 0 Å². The van der Waals surface area contributed by atoms with Crippen LogP contribution in [0, 0.1) is 6.92 Å². The van der Waals surface area contributed by atoms with E-state index in [0.29, 0.717) is 24.4 Å². The molecule has 4 rings (SSSR count). The van der Waals surface area contributed by atoms with Crippen LogP contribution in [0.2, 0.25) is 0 Å². The van der Waals surface area contributed by atoms with Crippen LogP contribution in [0.25, 0.3) is 11.1 Å². The molecule has 1 atom stereocenters. The number of fused-ring (bicyclic) bond motifs is 3. The monoisotopic (exact) mass is 385 g/mol. The van der Waals surface area contributed by atoms with Gasteiger partial charge >= 0.3 is 0 Å². The number of aryl methyl sites for hydroxylation is 1. The van der Waals surface area contributed by atoms with Gasteiger partial charge in [0.1, 0.15) is 17.0 Å². The average molecular weight is 386 g/mol. The largest absolute Gasteiger partial charge is 0.460 e. The van der Waals surface area contributed by atoms with E-state index in [0.717, 1.165) is 43.4 Å². The summed E-state index contributed by atoms with van der Waals surface area (Å²) >= 11 is 0. The van der Waals surface area contributed by atoms with E-state index >= 15 is 0 Å². The maximum atomic E-state index is 13.5. The molecule has 2 amide bonds. The van der Waals surface area contributed by atoms with Gasteiger partial charge in [-0.1, -0.05) is 32.6 Å². The summed E-state index contributed by atoms with van der Waals surface area (Å²) in [5.41, 5.74) is 1.32. The Morgan fingerprint density at radius 1 is 1.25 bits per heavy atom. The molecule has 2 aromatic heterocycles. The molecule has 1 aliphatic carbocycles. The van der Waals surface area contributed by atoms with E-state index in [1.165, 1.54) is 12.8 Å². The number of hydrogen-bond donors (Lipinski definition) is 1. The standard InChI is InChI=1S/C22H31N3O3/c1-4-11-25-20(26)18-13-19-17(12-15(2)28-19)24(18)14-22(25,3)21(27)23-16-9-7-5-6-8-10-16/h12-13,16H,4-11,14H2,1-3H3,(H,23,27). The molecule has 0 radical (unpaired) electrons. The number of hydrogen-bond acceptors (Lipinski definition) is 3. The average Bonchev–Trinajstić information content (AvgIpc) is 3.04. The number of carbonyl (C=O) groups excluding carboxylic acids is 2. The second-order valence-corrected chi connectivity index (χ2v) is 8.61. The van der Waals surface area contributed by atoms with E-state index in [4.69, 9.17) is 4.42 Å². The summed E-state index contributed by atoms with van der Waals surface area (Å²) in [6.07, 6.45) is 7.69. The Kier molecular flexibility index (Phi) is 4.98. The van der Waals surface area contributed by atoms with Gasteiger partial charge in [-0.05, 0) is 33.1 Å². The van der Waals surface area contributed by atoms with Crippen molar-refractivity contribution in [3.8, 4) is 0 Å². The summed E-state index contributed by atoms with van der Waals surface area (Å²) in [5, 5.41) is 3.28. The molecule has 6 nitrogen and oxygen atoms in total. The van der Waals surface area contributed by atoms with E-state index in [-0.39, 0.29) is 17.9 Å². The summed E-state index contributed by atoms with van der Waals surface area (Å²) in [6, 6.07) is 3.98. The number of carbonyl (C=O) groups is 2. The Labute approximate surface area is 166 Å². The Bertz CT molecular complexity index is 888. The smallest absolute Gasteiger partial charge is 0.271 e. The molecule has 6 heteroatoms. The summed E-state index contributed by atoms with van der Waals surface area (Å²) < 4.78 is 7.70. The highest BCUT2D eigenvalue weighted by Crippen LogP contribution is 2.34. The molecule has 28 heavy (non-hydrogen) atoms. The van der Waals surface area contributed by atoms with Gasteiger partial charge in [0.25, 0.3) is 5.91 Å². The highest BCUT2D eigenvalue weighted by molar-refractivity contribution is 6.03. The molecule has 3 heterocycles. The molecule has 2 aromatic rings. The highest BCUT2D eigenvalue weighted by atomic mass is 16.3. The van der Waals surface area contributed by atoms with Crippen molar-refractivity contribution in [3.63, 3.8) is 0 Å². The van der Waals surface area contributed by atoms with Crippen LogP contribution in [0.15, 0.2) is 16.5 Å². The molecule has 0 aromatic carbocycles. The lowest BCUT2D eigenvalue weighted by Gasteiger charge is -2.44. The van der Waals surface area contributed by atoms with Crippen molar-refractivity contribution in [3.05, 3.63) is 23.6 Å². The zero-order valence-corrected chi connectivity index (χ0v) is 17.2. The topological polar surface area (TPSA) is 67.5 Å². The molecule has 0 bridgehead atoms. The van der Waals surface area contributed by atoms with Gasteiger partial charge in [0.15, 0.2) is 5.58 Å². The third-order valence-electron chi connectivity index (χ3n) is 6.37. The first kappa shape index (κ1) is 19.1. The normalized spacial score (nSPS) is 23.7. The van der Waals surface area contributed by atoms with Gasteiger partial charge in [-0.2, -0.15) is 0 Å². The number of aromatic nitrogens is 1. The maximum absolute atomic E-state index is 13.5. The van der Waals surface area contributed by atoms with Crippen molar-refractivity contribution in [2.45, 2.75) is 83.8 Å². The van der Waals surface area contributed by atoms with Crippen LogP contribution in [0.4, 0.5) is 0 Å².